The van der Waals surface area contributed by atoms with Gasteiger partial charge in [0.2, 0.25) is 0 Å². The second-order valence-electron chi connectivity index (χ2n) is 3.15. The Bertz CT molecular complexity index is 523. The number of pyridine rings is 1. The van der Waals surface area contributed by atoms with Crippen LogP contribution in [0.1, 0.15) is 10.5 Å². The quantitative estimate of drug-likeness (QED) is 0.913. The molecule has 6 heteroatoms. The SMILES string of the molecule is Cn1nccc1C(=O)Nc1ccncc1Br. The molecule has 0 aliphatic heterocycles. The summed E-state index contributed by atoms with van der Waals surface area (Å²) in [6, 6.07) is 3.38. The normalized spacial score (nSPS) is 10.1. The number of rotatable bonds is 2. The van der Waals surface area contributed by atoms with Gasteiger partial charge in [-0.05, 0) is 28.1 Å². The predicted octanol–water partition coefficient (Wildman–Crippen LogP) is 1.83. The number of nitrogens with one attached hydrogen (secondary N) is 1. The number of amides is 1. The molecule has 82 valence electrons. The summed E-state index contributed by atoms with van der Waals surface area (Å²) < 4.78 is 2.26. The van der Waals surface area contributed by atoms with E-state index in [1.54, 1.807) is 37.8 Å². The lowest BCUT2D eigenvalue weighted by Crippen LogP contribution is -2.16. The van der Waals surface area contributed by atoms with E-state index in [0.717, 1.165) is 4.47 Å². The fourth-order valence-corrected chi connectivity index (χ4v) is 1.61. The van der Waals surface area contributed by atoms with Crippen molar-refractivity contribution in [2.75, 3.05) is 5.32 Å². The van der Waals surface area contributed by atoms with Crippen LogP contribution in [0.2, 0.25) is 0 Å². The fourth-order valence-electron chi connectivity index (χ4n) is 1.26. The Kier molecular flexibility index (Phi) is 3.00. The van der Waals surface area contributed by atoms with Gasteiger partial charge < -0.3 is 5.32 Å². The molecule has 0 fully saturated rings. The Morgan fingerprint density at radius 2 is 2.25 bits per heavy atom. The number of nitrogens with zero attached hydrogens (tertiary/aromatic N) is 3. The van der Waals surface area contributed by atoms with Crippen LogP contribution in [0.15, 0.2) is 35.2 Å². The number of hydrogen-bond acceptors (Lipinski definition) is 3. The molecule has 2 aromatic rings. The van der Waals surface area contributed by atoms with Gasteiger partial charge in [0.15, 0.2) is 0 Å². The number of aromatic nitrogens is 3. The smallest absolute Gasteiger partial charge is 0.273 e. The van der Waals surface area contributed by atoms with Gasteiger partial charge in [-0.2, -0.15) is 5.10 Å². The molecule has 2 rings (SSSR count). The molecule has 5 nitrogen and oxygen atoms in total. The lowest BCUT2D eigenvalue weighted by molar-refractivity contribution is 0.101. The largest absolute Gasteiger partial charge is 0.320 e. The second-order valence-corrected chi connectivity index (χ2v) is 4.00. The van der Waals surface area contributed by atoms with Gasteiger partial charge in [-0.1, -0.05) is 0 Å². The molecule has 0 aromatic carbocycles. The maximum absolute atomic E-state index is 11.8. The zero-order chi connectivity index (χ0) is 11.5. The molecule has 2 heterocycles. The van der Waals surface area contributed by atoms with Gasteiger partial charge in [0.05, 0.1) is 10.2 Å². The number of carbonyl (C=O) groups is 1. The summed E-state index contributed by atoms with van der Waals surface area (Å²) in [5.41, 5.74) is 1.19. The summed E-state index contributed by atoms with van der Waals surface area (Å²) in [6.45, 7) is 0. The Morgan fingerprint density at radius 3 is 2.88 bits per heavy atom. The molecule has 1 amide bonds. The third-order valence-electron chi connectivity index (χ3n) is 2.07. The number of hydrogen-bond donors (Lipinski definition) is 1. The highest BCUT2D eigenvalue weighted by molar-refractivity contribution is 9.10. The number of halogens is 1. The molecular formula is C10H9BrN4O. The minimum absolute atomic E-state index is 0.202. The molecule has 0 saturated heterocycles. The van der Waals surface area contributed by atoms with E-state index in [1.807, 2.05) is 0 Å². The molecule has 0 bridgehead atoms. The summed E-state index contributed by atoms with van der Waals surface area (Å²) >= 11 is 3.31. The van der Waals surface area contributed by atoms with E-state index in [2.05, 4.69) is 31.3 Å². The van der Waals surface area contributed by atoms with Crippen LogP contribution in [0, 0.1) is 0 Å². The van der Waals surface area contributed by atoms with Gasteiger partial charge in [-0.3, -0.25) is 14.5 Å². The third-order valence-corrected chi connectivity index (χ3v) is 2.71. The molecule has 0 spiro atoms. The van der Waals surface area contributed by atoms with Crippen molar-refractivity contribution < 1.29 is 4.79 Å². The topological polar surface area (TPSA) is 59.8 Å². The van der Waals surface area contributed by atoms with E-state index >= 15 is 0 Å². The van der Waals surface area contributed by atoms with Crippen molar-refractivity contribution in [3.8, 4) is 0 Å². The highest BCUT2D eigenvalue weighted by Gasteiger charge is 2.11. The lowest BCUT2D eigenvalue weighted by atomic mass is 10.3. The summed E-state index contributed by atoms with van der Waals surface area (Å²) in [6.07, 6.45) is 4.82. The van der Waals surface area contributed by atoms with Crippen molar-refractivity contribution in [1.29, 1.82) is 0 Å². The maximum Gasteiger partial charge on any atom is 0.273 e. The van der Waals surface area contributed by atoms with Crippen molar-refractivity contribution >= 4 is 27.5 Å². The summed E-state index contributed by atoms with van der Waals surface area (Å²) in [5.74, 6) is -0.202. The van der Waals surface area contributed by atoms with Crippen molar-refractivity contribution in [3.63, 3.8) is 0 Å². The Morgan fingerprint density at radius 1 is 1.44 bits per heavy atom. The Labute approximate surface area is 101 Å². The second kappa shape index (κ2) is 4.44. The molecule has 0 saturated carbocycles. The minimum Gasteiger partial charge on any atom is -0.320 e. The molecule has 1 N–H and O–H groups in total. The standard InChI is InChI=1S/C10H9BrN4O/c1-15-9(3-5-13-15)10(16)14-8-2-4-12-6-7(8)11/h2-6H,1H3,(H,12,14,16). The van der Waals surface area contributed by atoms with Crippen LogP contribution in [0.3, 0.4) is 0 Å². The summed E-state index contributed by atoms with van der Waals surface area (Å²) in [5, 5.41) is 6.70. The van der Waals surface area contributed by atoms with Crippen LogP contribution < -0.4 is 5.32 Å². The molecule has 2 aromatic heterocycles. The zero-order valence-electron chi connectivity index (χ0n) is 8.51. The molecular weight excluding hydrogens is 272 g/mol. The average molecular weight is 281 g/mol. The van der Waals surface area contributed by atoms with Crippen LogP contribution >= 0.6 is 15.9 Å². The molecule has 0 aliphatic carbocycles. The first kappa shape index (κ1) is 10.8. The van der Waals surface area contributed by atoms with Gasteiger partial charge >= 0.3 is 0 Å². The summed E-state index contributed by atoms with van der Waals surface area (Å²) in [4.78, 5) is 15.8. The third kappa shape index (κ3) is 2.11. The van der Waals surface area contributed by atoms with Crippen LogP contribution in [-0.4, -0.2) is 20.7 Å². The van der Waals surface area contributed by atoms with Gasteiger partial charge in [-0.25, -0.2) is 0 Å². The zero-order valence-corrected chi connectivity index (χ0v) is 10.1. The Balaban J connectivity index is 2.21. The lowest BCUT2D eigenvalue weighted by Gasteiger charge is -2.06. The molecule has 0 radical (unpaired) electrons. The van der Waals surface area contributed by atoms with E-state index in [4.69, 9.17) is 0 Å². The first-order valence-corrected chi connectivity index (χ1v) is 5.36. The average Bonchev–Trinajstić information content (AvgIpc) is 2.68. The van der Waals surface area contributed by atoms with Crippen LogP contribution in [0.25, 0.3) is 0 Å². The number of carbonyl (C=O) groups excluding carboxylic acids is 1. The van der Waals surface area contributed by atoms with Crippen molar-refractivity contribution in [3.05, 3.63) is 40.9 Å². The van der Waals surface area contributed by atoms with Crippen molar-refractivity contribution in [2.45, 2.75) is 0 Å². The van der Waals surface area contributed by atoms with E-state index in [9.17, 15) is 4.79 Å². The van der Waals surface area contributed by atoms with Gasteiger partial charge in [0, 0.05) is 25.6 Å². The van der Waals surface area contributed by atoms with E-state index in [0.29, 0.717) is 11.4 Å². The van der Waals surface area contributed by atoms with Crippen molar-refractivity contribution in [1.82, 2.24) is 14.8 Å². The maximum atomic E-state index is 11.8. The van der Waals surface area contributed by atoms with Gasteiger partial charge in [-0.15, -0.1) is 0 Å². The Hall–Kier alpha value is -1.69. The van der Waals surface area contributed by atoms with Gasteiger partial charge in [0.1, 0.15) is 5.69 Å². The molecule has 16 heavy (non-hydrogen) atoms. The predicted molar refractivity (Wildman–Crippen MR) is 63.1 cm³/mol. The monoisotopic (exact) mass is 280 g/mol. The molecule has 0 atom stereocenters. The highest BCUT2D eigenvalue weighted by Crippen LogP contribution is 2.20. The minimum atomic E-state index is -0.202. The van der Waals surface area contributed by atoms with E-state index in [-0.39, 0.29) is 5.91 Å². The van der Waals surface area contributed by atoms with Gasteiger partial charge in [0.25, 0.3) is 5.91 Å². The van der Waals surface area contributed by atoms with E-state index < -0.39 is 0 Å². The first-order chi connectivity index (χ1) is 7.68. The molecule has 0 aliphatic rings. The number of aryl methyl sites for hydroxylation is 1. The van der Waals surface area contributed by atoms with E-state index in [1.165, 1.54) is 4.68 Å². The fraction of sp³-hybridized carbons (Fsp3) is 0.100. The molecule has 0 unspecified atom stereocenters. The first-order valence-electron chi connectivity index (χ1n) is 4.57. The van der Waals surface area contributed by atoms with Crippen molar-refractivity contribution in [2.24, 2.45) is 7.05 Å². The highest BCUT2D eigenvalue weighted by atomic mass is 79.9. The van der Waals surface area contributed by atoms with Crippen LogP contribution in [-0.2, 0) is 7.05 Å². The summed E-state index contributed by atoms with van der Waals surface area (Å²) in [7, 11) is 1.72. The number of anilines is 1. The van der Waals surface area contributed by atoms with Crippen LogP contribution in [0.4, 0.5) is 5.69 Å². The van der Waals surface area contributed by atoms with Crippen LogP contribution in [0.5, 0.6) is 0 Å².